The minimum atomic E-state index is -1.19. The van der Waals surface area contributed by atoms with Crippen LogP contribution in [0.25, 0.3) is 6.08 Å². The minimum absolute atomic E-state index is 0.0702. The number of guanidine groups is 1. The van der Waals surface area contributed by atoms with Gasteiger partial charge in [0.05, 0.1) is 20.8 Å². The van der Waals surface area contributed by atoms with E-state index in [2.05, 4.69) is 9.98 Å². The summed E-state index contributed by atoms with van der Waals surface area (Å²) in [5.74, 6) is 1.41. The van der Waals surface area contributed by atoms with E-state index in [1.807, 2.05) is 0 Å². The van der Waals surface area contributed by atoms with Crippen LogP contribution < -0.4 is 25.7 Å². The Morgan fingerprint density at radius 2 is 1.76 bits per heavy atom. The number of hydrogen-bond acceptors (Lipinski definition) is 9. The zero-order chi connectivity index (χ0) is 18.4. The molecule has 1 aromatic rings. The molecule has 0 spiro atoms. The molecule has 1 aliphatic heterocycles. The number of nitrogens with zero attached hydrogens (tertiary/aromatic N) is 2. The van der Waals surface area contributed by atoms with Gasteiger partial charge in [0.25, 0.3) is 0 Å². The second-order valence-electron chi connectivity index (χ2n) is 5.05. The van der Waals surface area contributed by atoms with Crippen molar-refractivity contribution in [2.45, 2.75) is 6.23 Å². The SMILES string of the molecule is COCCOc1c(OC)cc(C=C2C(N)=NC(N)=NC2O)cc1OC. The summed E-state index contributed by atoms with van der Waals surface area (Å²) in [6, 6.07) is 3.44. The summed E-state index contributed by atoms with van der Waals surface area (Å²) in [7, 11) is 4.63. The van der Waals surface area contributed by atoms with Crippen molar-refractivity contribution < 1.29 is 24.1 Å². The Kier molecular flexibility index (Phi) is 6.20. The highest BCUT2D eigenvalue weighted by Gasteiger charge is 2.20. The van der Waals surface area contributed by atoms with Crippen LogP contribution in [0.3, 0.4) is 0 Å². The van der Waals surface area contributed by atoms with Gasteiger partial charge in [0, 0.05) is 12.7 Å². The number of ether oxygens (including phenoxy) is 4. The molecule has 2 rings (SSSR count). The maximum Gasteiger partial charge on any atom is 0.220 e. The van der Waals surface area contributed by atoms with E-state index in [9.17, 15) is 5.11 Å². The van der Waals surface area contributed by atoms with Crippen molar-refractivity contribution in [3.8, 4) is 17.2 Å². The third-order valence-corrected chi connectivity index (χ3v) is 3.40. The van der Waals surface area contributed by atoms with E-state index in [-0.39, 0.29) is 11.8 Å². The summed E-state index contributed by atoms with van der Waals surface area (Å²) in [5.41, 5.74) is 12.3. The fourth-order valence-corrected chi connectivity index (χ4v) is 2.22. The molecular formula is C16H22N4O5. The number of aliphatic hydroxyl groups excluding tert-OH is 1. The van der Waals surface area contributed by atoms with Crippen LogP contribution in [0.2, 0.25) is 0 Å². The van der Waals surface area contributed by atoms with Crippen LogP contribution in [0.15, 0.2) is 27.7 Å². The average molecular weight is 350 g/mol. The van der Waals surface area contributed by atoms with Gasteiger partial charge >= 0.3 is 0 Å². The van der Waals surface area contributed by atoms with E-state index in [0.717, 1.165) is 0 Å². The first kappa shape index (κ1) is 18.6. The maximum atomic E-state index is 10.0. The van der Waals surface area contributed by atoms with Gasteiger partial charge in [-0.1, -0.05) is 0 Å². The fourth-order valence-electron chi connectivity index (χ4n) is 2.22. The molecule has 5 N–H and O–H groups in total. The highest BCUT2D eigenvalue weighted by molar-refractivity contribution is 6.09. The largest absolute Gasteiger partial charge is 0.493 e. The van der Waals surface area contributed by atoms with Crippen molar-refractivity contribution in [2.24, 2.45) is 21.5 Å². The number of rotatable bonds is 7. The number of nitrogens with two attached hydrogens (primary N) is 2. The zero-order valence-corrected chi connectivity index (χ0v) is 14.4. The van der Waals surface area contributed by atoms with Crippen LogP contribution in [0.5, 0.6) is 17.2 Å². The van der Waals surface area contributed by atoms with Gasteiger partial charge in [-0.15, -0.1) is 0 Å². The molecule has 136 valence electrons. The molecule has 0 radical (unpaired) electrons. The number of benzene rings is 1. The predicted octanol–water partition coefficient (Wildman–Crippen LogP) is 0.116. The number of aliphatic hydroxyl groups is 1. The van der Waals surface area contributed by atoms with Gasteiger partial charge in [-0.2, -0.15) is 4.99 Å². The van der Waals surface area contributed by atoms with Gasteiger partial charge in [0.15, 0.2) is 17.7 Å². The molecular weight excluding hydrogens is 328 g/mol. The molecule has 9 heteroatoms. The van der Waals surface area contributed by atoms with Gasteiger partial charge in [0.1, 0.15) is 12.4 Å². The number of amidine groups is 1. The molecule has 9 nitrogen and oxygen atoms in total. The van der Waals surface area contributed by atoms with Crippen LogP contribution in [0.1, 0.15) is 5.56 Å². The lowest BCUT2D eigenvalue weighted by Crippen LogP contribution is -2.32. The highest BCUT2D eigenvalue weighted by atomic mass is 16.6. The smallest absolute Gasteiger partial charge is 0.220 e. The Balaban J connectivity index is 2.40. The molecule has 1 heterocycles. The first-order valence-electron chi connectivity index (χ1n) is 7.45. The summed E-state index contributed by atoms with van der Waals surface area (Å²) >= 11 is 0. The summed E-state index contributed by atoms with van der Waals surface area (Å²) in [5, 5.41) is 10.0. The molecule has 1 aliphatic rings. The van der Waals surface area contributed by atoms with Crippen molar-refractivity contribution in [3.63, 3.8) is 0 Å². The Bertz CT molecular complexity index is 689. The van der Waals surface area contributed by atoms with Crippen molar-refractivity contribution >= 4 is 17.9 Å². The van der Waals surface area contributed by atoms with Crippen molar-refractivity contribution in [1.29, 1.82) is 0 Å². The van der Waals surface area contributed by atoms with E-state index in [1.54, 1.807) is 25.3 Å². The lowest BCUT2D eigenvalue weighted by Gasteiger charge is -2.17. The molecule has 0 saturated carbocycles. The number of hydrogen-bond donors (Lipinski definition) is 3. The van der Waals surface area contributed by atoms with Gasteiger partial charge in [-0.25, -0.2) is 4.99 Å². The van der Waals surface area contributed by atoms with Gasteiger partial charge in [-0.3, -0.25) is 0 Å². The van der Waals surface area contributed by atoms with Crippen molar-refractivity contribution in [1.82, 2.24) is 0 Å². The van der Waals surface area contributed by atoms with E-state index < -0.39 is 6.23 Å². The van der Waals surface area contributed by atoms with Crippen LogP contribution in [0, 0.1) is 0 Å². The van der Waals surface area contributed by atoms with E-state index >= 15 is 0 Å². The van der Waals surface area contributed by atoms with Gasteiger partial charge < -0.3 is 35.5 Å². The summed E-state index contributed by atoms with van der Waals surface area (Å²) in [6.07, 6.45) is 0.441. The number of aliphatic imine (C=N–C) groups is 2. The third-order valence-electron chi connectivity index (χ3n) is 3.40. The second-order valence-corrected chi connectivity index (χ2v) is 5.05. The third kappa shape index (κ3) is 4.40. The van der Waals surface area contributed by atoms with E-state index in [1.165, 1.54) is 14.2 Å². The summed E-state index contributed by atoms with van der Waals surface area (Å²) < 4.78 is 21.4. The summed E-state index contributed by atoms with van der Waals surface area (Å²) in [6.45, 7) is 0.771. The lowest BCUT2D eigenvalue weighted by molar-refractivity contribution is 0.142. The van der Waals surface area contributed by atoms with Crippen LogP contribution in [0.4, 0.5) is 0 Å². The normalized spacial score (nSPS) is 18.6. The first-order valence-corrected chi connectivity index (χ1v) is 7.45. The molecule has 1 atom stereocenters. The van der Waals surface area contributed by atoms with E-state index in [0.29, 0.717) is 41.6 Å². The summed E-state index contributed by atoms with van der Waals surface area (Å²) in [4.78, 5) is 7.63. The lowest BCUT2D eigenvalue weighted by atomic mass is 10.1. The van der Waals surface area contributed by atoms with E-state index in [4.69, 9.17) is 30.4 Å². The zero-order valence-electron chi connectivity index (χ0n) is 14.4. The quantitative estimate of drug-likeness (QED) is 0.594. The minimum Gasteiger partial charge on any atom is -0.493 e. The van der Waals surface area contributed by atoms with Crippen molar-refractivity contribution in [2.75, 3.05) is 34.5 Å². The molecule has 25 heavy (non-hydrogen) atoms. The molecule has 0 fully saturated rings. The Hall–Kier alpha value is -2.78. The van der Waals surface area contributed by atoms with Crippen LogP contribution >= 0.6 is 0 Å². The van der Waals surface area contributed by atoms with Gasteiger partial charge in [0.2, 0.25) is 11.7 Å². The first-order chi connectivity index (χ1) is 12.0. The Labute approximate surface area is 145 Å². The molecule has 1 unspecified atom stereocenters. The molecule has 1 aromatic carbocycles. The fraction of sp³-hybridized carbons (Fsp3) is 0.375. The maximum absolute atomic E-state index is 10.0. The highest BCUT2D eigenvalue weighted by Crippen LogP contribution is 2.39. The second kappa shape index (κ2) is 8.36. The topological polar surface area (TPSA) is 134 Å². The van der Waals surface area contributed by atoms with Gasteiger partial charge in [-0.05, 0) is 23.8 Å². The monoisotopic (exact) mass is 350 g/mol. The standard InChI is InChI=1S/C16H22N4O5/c1-22-4-5-25-13-11(23-2)7-9(8-12(13)24-3)6-10-14(17)19-16(18)20-15(10)21/h6-8,15,21H,4-5H2,1-3H3,(H4,17,18,19,20). The number of methoxy groups -OCH3 is 3. The molecule has 0 bridgehead atoms. The molecule has 0 saturated heterocycles. The van der Waals surface area contributed by atoms with Crippen molar-refractivity contribution in [3.05, 3.63) is 23.3 Å². The predicted molar refractivity (Wildman–Crippen MR) is 94.1 cm³/mol. The average Bonchev–Trinajstić information content (AvgIpc) is 2.58. The van der Waals surface area contributed by atoms with Crippen LogP contribution in [-0.4, -0.2) is 57.7 Å². The molecule has 0 aliphatic carbocycles. The Morgan fingerprint density at radius 3 is 2.28 bits per heavy atom. The van der Waals surface area contributed by atoms with Crippen LogP contribution in [-0.2, 0) is 4.74 Å². The Morgan fingerprint density at radius 1 is 1.12 bits per heavy atom. The molecule has 0 amide bonds. The molecule has 0 aromatic heterocycles.